The number of ether oxygens (including phenoxy) is 1. The second-order valence-electron chi connectivity index (χ2n) is 2.72. The SMILES string of the molecule is Cc1nc(CBr)c(O)cc1OC(F)(F)F. The van der Waals surface area contributed by atoms with Crippen LogP contribution in [0.4, 0.5) is 13.2 Å². The van der Waals surface area contributed by atoms with E-state index in [2.05, 4.69) is 25.7 Å². The van der Waals surface area contributed by atoms with Crippen LogP contribution >= 0.6 is 15.9 Å². The number of nitrogens with zero attached hydrogens (tertiary/aromatic N) is 1. The molecular weight excluding hydrogens is 279 g/mol. The third-order valence-corrected chi connectivity index (χ3v) is 2.11. The van der Waals surface area contributed by atoms with Crippen molar-refractivity contribution in [3.8, 4) is 11.5 Å². The van der Waals surface area contributed by atoms with Gasteiger partial charge in [0.05, 0.1) is 11.4 Å². The van der Waals surface area contributed by atoms with E-state index in [1.807, 2.05) is 0 Å². The van der Waals surface area contributed by atoms with Gasteiger partial charge in [-0.05, 0) is 6.92 Å². The predicted octanol–water partition coefficient (Wildman–Crippen LogP) is 2.89. The Labute approximate surface area is 92.0 Å². The molecule has 0 bridgehead atoms. The minimum atomic E-state index is -4.78. The lowest BCUT2D eigenvalue weighted by atomic mass is 10.3. The Morgan fingerprint density at radius 2 is 2.13 bits per heavy atom. The highest BCUT2D eigenvalue weighted by Crippen LogP contribution is 2.30. The number of rotatable bonds is 2. The smallest absolute Gasteiger partial charge is 0.506 e. The van der Waals surface area contributed by atoms with E-state index in [9.17, 15) is 18.3 Å². The third-order valence-electron chi connectivity index (χ3n) is 1.57. The van der Waals surface area contributed by atoms with Crippen LogP contribution in [0.2, 0.25) is 0 Å². The Morgan fingerprint density at radius 3 is 2.60 bits per heavy atom. The molecule has 7 heteroatoms. The zero-order valence-corrected chi connectivity index (χ0v) is 9.18. The van der Waals surface area contributed by atoms with E-state index < -0.39 is 12.1 Å². The fourth-order valence-electron chi connectivity index (χ4n) is 0.953. The maximum atomic E-state index is 11.9. The van der Waals surface area contributed by atoms with Gasteiger partial charge >= 0.3 is 6.36 Å². The molecule has 0 spiro atoms. The minimum Gasteiger partial charge on any atom is -0.506 e. The molecule has 1 aromatic heterocycles. The molecule has 0 unspecified atom stereocenters. The standard InChI is InChI=1S/C8H7BrF3NO2/c1-4-7(15-8(10,11)12)2-6(14)5(3-9)13-4/h2,14H,3H2,1H3. The van der Waals surface area contributed by atoms with E-state index in [4.69, 9.17) is 0 Å². The lowest BCUT2D eigenvalue weighted by molar-refractivity contribution is -0.275. The average Bonchev–Trinajstić information content (AvgIpc) is 2.08. The summed E-state index contributed by atoms with van der Waals surface area (Å²) in [6.45, 7) is 1.37. The Hall–Kier alpha value is -0.980. The van der Waals surface area contributed by atoms with Crippen LogP contribution in [-0.2, 0) is 5.33 Å². The van der Waals surface area contributed by atoms with Gasteiger partial charge in [-0.15, -0.1) is 13.2 Å². The summed E-state index contributed by atoms with van der Waals surface area (Å²) in [5, 5.41) is 9.53. The van der Waals surface area contributed by atoms with Crippen molar-refractivity contribution in [2.24, 2.45) is 0 Å². The highest BCUT2D eigenvalue weighted by atomic mass is 79.9. The number of hydrogen-bond acceptors (Lipinski definition) is 3. The zero-order chi connectivity index (χ0) is 11.6. The largest absolute Gasteiger partial charge is 0.573 e. The van der Waals surface area contributed by atoms with Crippen LogP contribution in [0.5, 0.6) is 11.5 Å². The van der Waals surface area contributed by atoms with Crippen LogP contribution < -0.4 is 4.74 Å². The summed E-state index contributed by atoms with van der Waals surface area (Å²) in [6.07, 6.45) is -4.78. The summed E-state index contributed by atoms with van der Waals surface area (Å²) in [4.78, 5) is 3.75. The van der Waals surface area contributed by atoms with Crippen molar-refractivity contribution in [2.75, 3.05) is 0 Å². The van der Waals surface area contributed by atoms with Gasteiger partial charge in [0.2, 0.25) is 0 Å². The molecule has 0 saturated carbocycles. The molecule has 0 aliphatic carbocycles. The third kappa shape index (κ3) is 3.26. The molecule has 0 aromatic carbocycles. The monoisotopic (exact) mass is 285 g/mol. The molecule has 0 saturated heterocycles. The molecule has 84 valence electrons. The van der Waals surface area contributed by atoms with Gasteiger partial charge in [-0.3, -0.25) is 0 Å². The minimum absolute atomic E-state index is 0.0691. The molecule has 1 rings (SSSR count). The number of pyridine rings is 1. The number of hydrogen-bond donors (Lipinski definition) is 1. The quantitative estimate of drug-likeness (QED) is 0.850. The number of aromatic hydroxyl groups is 1. The van der Waals surface area contributed by atoms with Crippen LogP contribution in [0.3, 0.4) is 0 Å². The normalized spacial score (nSPS) is 11.5. The zero-order valence-electron chi connectivity index (χ0n) is 7.60. The van der Waals surface area contributed by atoms with E-state index in [1.165, 1.54) is 6.92 Å². The van der Waals surface area contributed by atoms with Crippen molar-refractivity contribution in [2.45, 2.75) is 18.6 Å². The summed E-state index contributed by atoms with van der Waals surface area (Å²) >= 11 is 3.04. The Kier molecular flexibility index (Phi) is 3.43. The van der Waals surface area contributed by atoms with Crippen molar-refractivity contribution < 1.29 is 23.0 Å². The Balaban J connectivity index is 3.05. The lowest BCUT2D eigenvalue weighted by Crippen LogP contribution is -2.18. The molecule has 1 N–H and O–H groups in total. The summed E-state index contributed by atoms with van der Waals surface area (Å²) in [7, 11) is 0. The van der Waals surface area contributed by atoms with Crippen molar-refractivity contribution in [1.82, 2.24) is 4.98 Å². The molecule has 0 fully saturated rings. The molecule has 0 aliphatic heterocycles. The van der Waals surface area contributed by atoms with Gasteiger partial charge in [0.25, 0.3) is 0 Å². The van der Waals surface area contributed by atoms with Crippen LogP contribution in [0.15, 0.2) is 6.07 Å². The maximum absolute atomic E-state index is 11.9. The second-order valence-corrected chi connectivity index (χ2v) is 3.28. The fourth-order valence-corrected chi connectivity index (χ4v) is 1.37. The summed E-state index contributed by atoms with van der Waals surface area (Å²) in [5.41, 5.74) is 0.335. The lowest BCUT2D eigenvalue weighted by Gasteiger charge is -2.12. The Morgan fingerprint density at radius 1 is 1.53 bits per heavy atom. The summed E-state index contributed by atoms with van der Waals surface area (Å²) in [5.74, 6) is -0.832. The van der Waals surface area contributed by atoms with Crippen molar-refractivity contribution in [1.29, 1.82) is 0 Å². The van der Waals surface area contributed by atoms with Gasteiger partial charge in [0, 0.05) is 11.4 Å². The molecule has 3 nitrogen and oxygen atoms in total. The van der Waals surface area contributed by atoms with E-state index in [0.29, 0.717) is 0 Å². The Bertz CT molecular complexity index is 368. The van der Waals surface area contributed by atoms with Gasteiger partial charge in [-0.25, -0.2) is 4.98 Å². The van der Waals surface area contributed by atoms with Crippen LogP contribution in [0, 0.1) is 6.92 Å². The van der Waals surface area contributed by atoms with Crippen molar-refractivity contribution in [3.63, 3.8) is 0 Å². The van der Waals surface area contributed by atoms with Gasteiger partial charge in [0.15, 0.2) is 5.75 Å². The first-order valence-corrected chi connectivity index (χ1v) is 4.97. The molecular formula is C8H7BrF3NO2. The molecule has 0 amide bonds. The first-order chi connectivity index (χ1) is 6.83. The molecule has 15 heavy (non-hydrogen) atoms. The molecule has 0 radical (unpaired) electrons. The molecule has 1 heterocycles. The number of aromatic nitrogens is 1. The van der Waals surface area contributed by atoms with Crippen LogP contribution in [0.1, 0.15) is 11.4 Å². The molecule has 1 aromatic rings. The second kappa shape index (κ2) is 4.26. The topological polar surface area (TPSA) is 42.4 Å². The van der Waals surface area contributed by atoms with Crippen LogP contribution in [0.25, 0.3) is 0 Å². The first kappa shape index (κ1) is 12.1. The first-order valence-electron chi connectivity index (χ1n) is 3.84. The predicted molar refractivity (Wildman–Crippen MR) is 50.0 cm³/mol. The van der Waals surface area contributed by atoms with E-state index in [0.717, 1.165) is 6.07 Å². The van der Waals surface area contributed by atoms with Crippen LogP contribution in [-0.4, -0.2) is 16.5 Å². The van der Waals surface area contributed by atoms with Gasteiger partial charge in [-0.1, -0.05) is 15.9 Å². The number of halogens is 4. The average molecular weight is 286 g/mol. The van der Waals surface area contributed by atoms with Gasteiger partial charge in [0.1, 0.15) is 5.75 Å². The summed E-state index contributed by atoms with van der Waals surface area (Å²) < 4.78 is 39.4. The van der Waals surface area contributed by atoms with Crippen molar-refractivity contribution >= 4 is 15.9 Å². The van der Waals surface area contributed by atoms with E-state index in [-0.39, 0.29) is 22.5 Å². The summed E-state index contributed by atoms with van der Waals surface area (Å²) in [6, 6.07) is 0.895. The van der Waals surface area contributed by atoms with E-state index >= 15 is 0 Å². The highest BCUT2D eigenvalue weighted by molar-refractivity contribution is 9.08. The molecule has 0 atom stereocenters. The maximum Gasteiger partial charge on any atom is 0.573 e. The van der Waals surface area contributed by atoms with Gasteiger partial charge in [-0.2, -0.15) is 0 Å². The van der Waals surface area contributed by atoms with Crippen molar-refractivity contribution in [3.05, 3.63) is 17.5 Å². The van der Waals surface area contributed by atoms with E-state index in [1.54, 1.807) is 0 Å². The number of alkyl halides is 4. The molecule has 0 aliphatic rings. The highest BCUT2D eigenvalue weighted by Gasteiger charge is 2.32. The van der Waals surface area contributed by atoms with Gasteiger partial charge < -0.3 is 9.84 Å². The fraction of sp³-hybridized carbons (Fsp3) is 0.375. The number of aryl methyl sites for hydroxylation is 1.